The molecule has 1 heterocycles. The Morgan fingerprint density at radius 1 is 1.42 bits per heavy atom. The van der Waals surface area contributed by atoms with Crippen LogP contribution in [0.5, 0.6) is 0 Å². The van der Waals surface area contributed by atoms with Gasteiger partial charge in [0.2, 0.25) is 0 Å². The average Bonchev–Trinajstić information content (AvgIpc) is 2.47. The predicted molar refractivity (Wildman–Crippen MR) is 47.6 cm³/mol. The number of fused-ring (bicyclic) bond motifs is 1. The minimum atomic E-state index is 0.574. The van der Waals surface area contributed by atoms with Gasteiger partial charge in [0.15, 0.2) is 5.13 Å². The van der Waals surface area contributed by atoms with E-state index in [-0.39, 0.29) is 0 Å². The van der Waals surface area contributed by atoms with Gasteiger partial charge < -0.3 is 0 Å². The highest BCUT2D eigenvalue weighted by molar-refractivity contribution is 7.15. The number of aryl methyl sites for hydroxylation is 2. The Kier molecular flexibility index (Phi) is 1.98. The van der Waals surface area contributed by atoms with Gasteiger partial charge >= 0.3 is 0 Å². The van der Waals surface area contributed by atoms with E-state index >= 15 is 0 Å². The molecular weight excluding hydrogens is 172 g/mol. The van der Waals surface area contributed by atoms with E-state index in [0.29, 0.717) is 5.13 Å². The van der Waals surface area contributed by atoms with Crippen molar-refractivity contribution in [2.45, 2.75) is 25.7 Å². The molecule has 2 rings (SSSR count). The third-order valence-corrected chi connectivity index (χ3v) is 3.01. The van der Waals surface area contributed by atoms with Gasteiger partial charge in [0, 0.05) is 9.79 Å². The lowest BCUT2D eigenvalue weighted by molar-refractivity contribution is 0.682. The Balaban J connectivity index is 2.37. The van der Waals surface area contributed by atoms with Gasteiger partial charge in [-0.1, -0.05) is 0 Å². The third kappa shape index (κ3) is 1.29. The summed E-state index contributed by atoms with van der Waals surface area (Å²) in [4.78, 5) is 8.27. The molecule has 0 radical (unpaired) electrons. The second-order valence-electron chi connectivity index (χ2n) is 2.76. The van der Waals surface area contributed by atoms with Crippen LogP contribution in [0.4, 0.5) is 5.13 Å². The number of hydrogen-bond donors (Lipinski definition) is 0. The fourth-order valence-electron chi connectivity index (χ4n) is 1.42. The Bertz CT molecular complexity index is 314. The number of aromatic nitrogens is 1. The maximum Gasteiger partial charge on any atom is 0.180 e. The summed E-state index contributed by atoms with van der Waals surface area (Å²) >= 11 is 1.53. The van der Waals surface area contributed by atoms with E-state index in [2.05, 4.69) is 15.0 Å². The first kappa shape index (κ1) is 7.58. The summed E-state index contributed by atoms with van der Waals surface area (Å²) < 4.78 is 0. The summed E-state index contributed by atoms with van der Waals surface area (Å²) in [6, 6.07) is 0. The van der Waals surface area contributed by atoms with Crippen LogP contribution in [-0.2, 0) is 12.8 Å². The number of thiazole rings is 1. The number of hydrogen-bond acceptors (Lipinski definition) is 3. The number of rotatable bonds is 1. The maximum atomic E-state index is 8.21. The van der Waals surface area contributed by atoms with E-state index in [1.165, 1.54) is 29.1 Å². The summed E-state index contributed by atoms with van der Waals surface area (Å²) in [5.74, 6) is 0. The lowest BCUT2D eigenvalue weighted by atomic mass is 10.0. The molecule has 0 saturated heterocycles. The van der Waals surface area contributed by atoms with Gasteiger partial charge in [-0.25, -0.2) is 4.98 Å². The first-order valence-electron chi connectivity index (χ1n) is 3.94. The molecule has 4 nitrogen and oxygen atoms in total. The van der Waals surface area contributed by atoms with Crippen LogP contribution >= 0.6 is 11.3 Å². The highest BCUT2D eigenvalue weighted by Gasteiger charge is 2.13. The molecule has 0 unspecified atom stereocenters. The molecule has 0 aliphatic heterocycles. The first-order valence-corrected chi connectivity index (χ1v) is 4.75. The summed E-state index contributed by atoms with van der Waals surface area (Å²) in [5, 5.41) is 4.07. The van der Waals surface area contributed by atoms with Crippen molar-refractivity contribution >= 4 is 16.5 Å². The van der Waals surface area contributed by atoms with Crippen molar-refractivity contribution in [3.8, 4) is 0 Å². The van der Waals surface area contributed by atoms with Gasteiger partial charge in [0.1, 0.15) is 0 Å². The molecule has 62 valence electrons. The Morgan fingerprint density at radius 3 is 3.00 bits per heavy atom. The van der Waals surface area contributed by atoms with Crippen LogP contribution in [0.3, 0.4) is 0 Å². The Labute approximate surface area is 73.9 Å². The van der Waals surface area contributed by atoms with Crippen LogP contribution in [-0.4, -0.2) is 4.98 Å². The third-order valence-electron chi connectivity index (χ3n) is 1.96. The summed E-state index contributed by atoms with van der Waals surface area (Å²) in [6.45, 7) is 0. The van der Waals surface area contributed by atoms with Gasteiger partial charge in [-0.3, -0.25) is 0 Å². The lowest BCUT2D eigenvalue weighted by Crippen LogP contribution is -1.98. The largest absolute Gasteiger partial charge is 0.239 e. The minimum absolute atomic E-state index is 0.574. The average molecular weight is 180 g/mol. The van der Waals surface area contributed by atoms with Crippen molar-refractivity contribution in [2.75, 3.05) is 0 Å². The van der Waals surface area contributed by atoms with Gasteiger partial charge in [0.25, 0.3) is 0 Å². The van der Waals surface area contributed by atoms with Crippen LogP contribution in [0.15, 0.2) is 5.11 Å². The Morgan fingerprint density at radius 2 is 2.25 bits per heavy atom. The zero-order valence-electron chi connectivity index (χ0n) is 6.53. The lowest BCUT2D eigenvalue weighted by Gasteiger charge is -2.06. The van der Waals surface area contributed by atoms with Gasteiger partial charge in [0.05, 0.1) is 5.69 Å². The van der Waals surface area contributed by atoms with Crippen molar-refractivity contribution < 1.29 is 0 Å². The molecule has 1 aromatic rings. The SMILES string of the molecule is [N-]=[N+]=Nc1nc2c(s1)CCCC2. The van der Waals surface area contributed by atoms with E-state index < -0.39 is 0 Å². The minimum Gasteiger partial charge on any atom is -0.239 e. The molecule has 12 heavy (non-hydrogen) atoms. The standard InChI is InChI=1S/C7H8N4S/c8-11-10-7-9-5-3-1-2-4-6(5)12-7/h1-4H2. The van der Waals surface area contributed by atoms with Crippen molar-refractivity contribution in [3.63, 3.8) is 0 Å². The zero-order chi connectivity index (χ0) is 8.39. The topological polar surface area (TPSA) is 61.7 Å². The molecule has 0 aromatic carbocycles. The predicted octanol–water partition coefficient (Wildman–Crippen LogP) is 2.96. The molecular formula is C7H8N4S. The molecule has 1 aliphatic carbocycles. The number of azide groups is 1. The summed E-state index contributed by atoms with van der Waals surface area (Å²) in [5.41, 5.74) is 9.35. The molecule has 0 amide bonds. The van der Waals surface area contributed by atoms with Crippen molar-refractivity contribution in [1.82, 2.24) is 4.98 Å². The summed E-state index contributed by atoms with van der Waals surface area (Å²) in [7, 11) is 0. The molecule has 0 saturated carbocycles. The van der Waals surface area contributed by atoms with E-state index in [9.17, 15) is 0 Å². The normalized spacial score (nSPS) is 15.0. The van der Waals surface area contributed by atoms with Crippen LogP contribution < -0.4 is 0 Å². The smallest absolute Gasteiger partial charge is 0.180 e. The highest BCUT2D eigenvalue weighted by atomic mass is 32.1. The molecule has 1 aromatic heterocycles. The van der Waals surface area contributed by atoms with Crippen molar-refractivity contribution in [3.05, 3.63) is 21.0 Å². The highest BCUT2D eigenvalue weighted by Crippen LogP contribution is 2.30. The fraction of sp³-hybridized carbons (Fsp3) is 0.571. The van der Waals surface area contributed by atoms with E-state index in [1.807, 2.05) is 0 Å². The fourth-order valence-corrected chi connectivity index (χ4v) is 2.38. The van der Waals surface area contributed by atoms with Crippen LogP contribution in [0.25, 0.3) is 10.4 Å². The quantitative estimate of drug-likeness (QED) is 0.372. The Hall–Kier alpha value is -1.06. The van der Waals surface area contributed by atoms with E-state index in [0.717, 1.165) is 18.5 Å². The van der Waals surface area contributed by atoms with E-state index in [1.54, 1.807) is 0 Å². The molecule has 0 spiro atoms. The molecule has 0 bridgehead atoms. The van der Waals surface area contributed by atoms with Crippen LogP contribution in [0.1, 0.15) is 23.4 Å². The molecule has 5 heteroatoms. The monoisotopic (exact) mass is 180 g/mol. The van der Waals surface area contributed by atoms with Gasteiger partial charge in [-0.05, 0) is 36.3 Å². The zero-order valence-corrected chi connectivity index (χ0v) is 7.34. The van der Waals surface area contributed by atoms with Crippen molar-refractivity contribution in [1.29, 1.82) is 0 Å². The molecule has 0 fully saturated rings. The van der Waals surface area contributed by atoms with Gasteiger partial charge in [-0.15, -0.1) is 11.3 Å². The van der Waals surface area contributed by atoms with Crippen molar-refractivity contribution in [2.24, 2.45) is 5.11 Å². The van der Waals surface area contributed by atoms with Crippen LogP contribution in [0, 0.1) is 0 Å². The second kappa shape index (κ2) is 3.13. The molecule has 0 N–H and O–H groups in total. The first-order chi connectivity index (χ1) is 5.90. The second-order valence-corrected chi connectivity index (χ2v) is 3.82. The molecule has 0 atom stereocenters. The summed E-state index contributed by atoms with van der Waals surface area (Å²) in [6.07, 6.45) is 4.61. The molecule has 1 aliphatic rings. The van der Waals surface area contributed by atoms with Gasteiger partial charge in [-0.2, -0.15) is 0 Å². The maximum absolute atomic E-state index is 8.21. The van der Waals surface area contributed by atoms with Crippen LogP contribution in [0.2, 0.25) is 0 Å². The van der Waals surface area contributed by atoms with E-state index in [4.69, 9.17) is 5.53 Å². The number of nitrogens with zero attached hydrogens (tertiary/aromatic N) is 4.